The molecule has 5 heteroatoms. The van der Waals surface area contributed by atoms with Crippen molar-refractivity contribution in [2.24, 2.45) is 11.7 Å². The SMILES string of the molecule is CCNC(=O)c1ccc(NC(=O)C(C)CN)cc1. The van der Waals surface area contributed by atoms with E-state index in [2.05, 4.69) is 10.6 Å². The molecule has 0 saturated heterocycles. The quantitative estimate of drug-likeness (QED) is 0.727. The molecule has 4 N–H and O–H groups in total. The zero-order valence-corrected chi connectivity index (χ0v) is 10.7. The van der Waals surface area contributed by atoms with Gasteiger partial charge in [0.2, 0.25) is 5.91 Å². The average Bonchev–Trinajstić information content (AvgIpc) is 2.38. The molecule has 1 rings (SSSR count). The first-order valence-corrected chi connectivity index (χ1v) is 5.97. The van der Waals surface area contributed by atoms with Crippen LogP contribution in [0.5, 0.6) is 0 Å². The number of benzene rings is 1. The Kier molecular flexibility index (Phi) is 5.32. The topological polar surface area (TPSA) is 84.2 Å². The summed E-state index contributed by atoms with van der Waals surface area (Å²) in [5, 5.41) is 5.45. The van der Waals surface area contributed by atoms with Crippen molar-refractivity contribution in [1.82, 2.24) is 5.32 Å². The van der Waals surface area contributed by atoms with E-state index >= 15 is 0 Å². The van der Waals surface area contributed by atoms with Crippen LogP contribution in [0.25, 0.3) is 0 Å². The molecule has 1 unspecified atom stereocenters. The summed E-state index contributed by atoms with van der Waals surface area (Å²) in [5.74, 6) is -0.470. The summed E-state index contributed by atoms with van der Waals surface area (Å²) < 4.78 is 0. The molecule has 1 aromatic rings. The molecule has 0 aliphatic heterocycles. The zero-order valence-electron chi connectivity index (χ0n) is 10.7. The van der Waals surface area contributed by atoms with Crippen LogP contribution in [0, 0.1) is 5.92 Å². The van der Waals surface area contributed by atoms with Crippen molar-refractivity contribution < 1.29 is 9.59 Å². The number of carbonyl (C=O) groups excluding carboxylic acids is 2. The molecule has 0 saturated carbocycles. The van der Waals surface area contributed by atoms with E-state index in [1.54, 1.807) is 31.2 Å². The first-order valence-electron chi connectivity index (χ1n) is 5.97. The monoisotopic (exact) mass is 249 g/mol. The lowest BCUT2D eigenvalue weighted by atomic mass is 10.1. The molecule has 0 aromatic heterocycles. The third-order valence-electron chi connectivity index (χ3n) is 2.55. The fourth-order valence-corrected chi connectivity index (χ4v) is 1.34. The number of carbonyl (C=O) groups is 2. The second kappa shape index (κ2) is 6.76. The summed E-state index contributed by atoms with van der Waals surface area (Å²) in [5.41, 5.74) is 6.64. The zero-order chi connectivity index (χ0) is 13.5. The molecule has 18 heavy (non-hydrogen) atoms. The van der Waals surface area contributed by atoms with E-state index in [9.17, 15) is 9.59 Å². The Balaban J connectivity index is 2.66. The van der Waals surface area contributed by atoms with Crippen LogP contribution in [-0.2, 0) is 4.79 Å². The van der Waals surface area contributed by atoms with E-state index in [0.29, 0.717) is 24.3 Å². The van der Waals surface area contributed by atoms with Gasteiger partial charge in [0, 0.05) is 30.3 Å². The van der Waals surface area contributed by atoms with Crippen LogP contribution in [0.4, 0.5) is 5.69 Å². The molecule has 0 fully saturated rings. The minimum absolute atomic E-state index is 0.120. The highest BCUT2D eigenvalue weighted by molar-refractivity contribution is 5.96. The van der Waals surface area contributed by atoms with Crippen LogP contribution in [0.3, 0.4) is 0 Å². The molecular weight excluding hydrogens is 230 g/mol. The van der Waals surface area contributed by atoms with Gasteiger partial charge in [-0.05, 0) is 31.2 Å². The number of rotatable bonds is 5. The summed E-state index contributed by atoms with van der Waals surface area (Å²) in [6, 6.07) is 6.75. The van der Waals surface area contributed by atoms with E-state index in [1.165, 1.54) is 0 Å². The van der Waals surface area contributed by atoms with Gasteiger partial charge in [-0.25, -0.2) is 0 Å². The van der Waals surface area contributed by atoms with Crippen LogP contribution in [0.1, 0.15) is 24.2 Å². The Morgan fingerprint density at radius 3 is 2.39 bits per heavy atom. The fraction of sp³-hybridized carbons (Fsp3) is 0.385. The van der Waals surface area contributed by atoms with E-state index in [0.717, 1.165) is 0 Å². The van der Waals surface area contributed by atoms with Crippen LogP contribution in [0.2, 0.25) is 0 Å². The van der Waals surface area contributed by atoms with Gasteiger partial charge in [0.1, 0.15) is 0 Å². The molecule has 0 spiro atoms. The van der Waals surface area contributed by atoms with E-state index < -0.39 is 0 Å². The van der Waals surface area contributed by atoms with Gasteiger partial charge in [-0.1, -0.05) is 6.92 Å². The molecule has 0 heterocycles. The van der Waals surface area contributed by atoms with Gasteiger partial charge >= 0.3 is 0 Å². The Hall–Kier alpha value is -1.88. The fourth-order valence-electron chi connectivity index (χ4n) is 1.34. The van der Waals surface area contributed by atoms with Crippen molar-refractivity contribution in [2.45, 2.75) is 13.8 Å². The minimum atomic E-state index is -0.229. The van der Waals surface area contributed by atoms with Crippen molar-refractivity contribution in [3.05, 3.63) is 29.8 Å². The molecule has 0 radical (unpaired) electrons. The Morgan fingerprint density at radius 2 is 1.89 bits per heavy atom. The van der Waals surface area contributed by atoms with Crippen molar-refractivity contribution in [3.63, 3.8) is 0 Å². The van der Waals surface area contributed by atoms with Gasteiger partial charge in [-0.15, -0.1) is 0 Å². The van der Waals surface area contributed by atoms with Crippen molar-refractivity contribution in [3.8, 4) is 0 Å². The van der Waals surface area contributed by atoms with Crippen LogP contribution in [-0.4, -0.2) is 24.9 Å². The molecule has 0 aliphatic rings. The number of amides is 2. The lowest BCUT2D eigenvalue weighted by Crippen LogP contribution is -2.26. The highest BCUT2D eigenvalue weighted by Gasteiger charge is 2.11. The maximum absolute atomic E-state index is 11.6. The van der Waals surface area contributed by atoms with Gasteiger partial charge in [-0.2, -0.15) is 0 Å². The average molecular weight is 249 g/mol. The molecule has 1 atom stereocenters. The highest BCUT2D eigenvalue weighted by atomic mass is 16.2. The van der Waals surface area contributed by atoms with Gasteiger partial charge in [0.25, 0.3) is 5.91 Å². The third-order valence-corrected chi connectivity index (χ3v) is 2.55. The number of nitrogens with one attached hydrogen (secondary N) is 2. The first kappa shape index (κ1) is 14.2. The summed E-state index contributed by atoms with van der Waals surface area (Å²) in [6.07, 6.45) is 0. The normalized spacial score (nSPS) is 11.7. The molecule has 0 bridgehead atoms. The first-order chi connectivity index (χ1) is 8.58. The Morgan fingerprint density at radius 1 is 1.28 bits per heavy atom. The summed E-state index contributed by atoms with van der Waals surface area (Å²) >= 11 is 0. The highest BCUT2D eigenvalue weighted by Crippen LogP contribution is 2.10. The lowest BCUT2D eigenvalue weighted by Gasteiger charge is -2.10. The Labute approximate surface area is 107 Å². The number of hydrogen-bond acceptors (Lipinski definition) is 3. The summed E-state index contributed by atoms with van der Waals surface area (Å²) in [6.45, 7) is 4.52. The van der Waals surface area contributed by atoms with E-state index in [4.69, 9.17) is 5.73 Å². The maximum atomic E-state index is 11.6. The largest absolute Gasteiger partial charge is 0.352 e. The number of anilines is 1. The predicted octanol–water partition coefficient (Wildman–Crippen LogP) is 0.970. The maximum Gasteiger partial charge on any atom is 0.251 e. The van der Waals surface area contributed by atoms with Gasteiger partial charge in [0.15, 0.2) is 0 Å². The van der Waals surface area contributed by atoms with Crippen LogP contribution in [0.15, 0.2) is 24.3 Å². The van der Waals surface area contributed by atoms with Crippen LogP contribution < -0.4 is 16.4 Å². The molecule has 98 valence electrons. The second-order valence-corrected chi connectivity index (χ2v) is 4.06. The van der Waals surface area contributed by atoms with Crippen molar-refractivity contribution in [2.75, 3.05) is 18.4 Å². The van der Waals surface area contributed by atoms with Crippen molar-refractivity contribution in [1.29, 1.82) is 0 Å². The number of nitrogens with two attached hydrogens (primary N) is 1. The van der Waals surface area contributed by atoms with E-state index in [-0.39, 0.29) is 17.7 Å². The molecular formula is C13H19N3O2. The third kappa shape index (κ3) is 3.85. The minimum Gasteiger partial charge on any atom is -0.352 e. The lowest BCUT2D eigenvalue weighted by molar-refractivity contribution is -0.119. The van der Waals surface area contributed by atoms with Crippen molar-refractivity contribution >= 4 is 17.5 Å². The summed E-state index contributed by atoms with van der Waals surface area (Å²) in [7, 11) is 0. The summed E-state index contributed by atoms with van der Waals surface area (Å²) in [4.78, 5) is 23.1. The molecule has 0 aliphatic carbocycles. The predicted molar refractivity (Wildman–Crippen MR) is 71.3 cm³/mol. The molecule has 2 amide bonds. The van der Waals surface area contributed by atoms with Gasteiger partial charge in [-0.3, -0.25) is 9.59 Å². The molecule has 5 nitrogen and oxygen atoms in total. The second-order valence-electron chi connectivity index (χ2n) is 4.06. The smallest absolute Gasteiger partial charge is 0.251 e. The molecule has 1 aromatic carbocycles. The van der Waals surface area contributed by atoms with E-state index in [1.807, 2.05) is 6.92 Å². The van der Waals surface area contributed by atoms with Gasteiger partial charge < -0.3 is 16.4 Å². The number of hydrogen-bond donors (Lipinski definition) is 3. The van der Waals surface area contributed by atoms with Gasteiger partial charge in [0.05, 0.1) is 0 Å². The van der Waals surface area contributed by atoms with Crippen LogP contribution >= 0.6 is 0 Å². The standard InChI is InChI=1S/C13H19N3O2/c1-3-15-13(18)10-4-6-11(7-5-10)16-12(17)9(2)8-14/h4-7,9H,3,8,14H2,1-2H3,(H,15,18)(H,16,17). The Bertz CT molecular complexity index is 415.